The smallest absolute Gasteiger partial charge is 0.164 e. The van der Waals surface area contributed by atoms with Gasteiger partial charge in [-0.25, -0.2) is 15.0 Å². The van der Waals surface area contributed by atoms with Crippen molar-refractivity contribution in [1.82, 2.24) is 24.1 Å². The molecular weight excluding hydrogens is 1210 g/mol. The molecular formula is C84H40N14. The fraction of sp³-hybridized carbons (Fsp3) is 0. The Labute approximate surface area is 560 Å². The van der Waals surface area contributed by atoms with Crippen molar-refractivity contribution in [2.45, 2.75) is 0 Å². The summed E-state index contributed by atoms with van der Waals surface area (Å²) in [5.74, 6) is 1.28. The molecule has 12 aromatic carbocycles. The molecule has 0 radical (unpaired) electrons. The van der Waals surface area contributed by atoms with Crippen LogP contribution in [0.4, 0.5) is 0 Å². The van der Waals surface area contributed by atoms with Gasteiger partial charge in [-0.3, -0.25) is 0 Å². The fourth-order valence-electron chi connectivity index (χ4n) is 13.1. The lowest BCUT2D eigenvalue weighted by Gasteiger charge is -2.20. The van der Waals surface area contributed by atoms with Gasteiger partial charge in [-0.2, -0.15) is 47.4 Å². The van der Waals surface area contributed by atoms with Crippen LogP contribution in [0.25, 0.3) is 145 Å². The molecule has 3 aromatic heterocycles. The quantitative estimate of drug-likeness (QED) is 0.124. The molecule has 0 fully saturated rings. The number of fused-ring (bicyclic) bond motifs is 6. The van der Waals surface area contributed by atoms with Crippen molar-refractivity contribution in [3.63, 3.8) is 0 Å². The van der Waals surface area contributed by atoms with E-state index >= 15 is 0 Å². The van der Waals surface area contributed by atoms with Gasteiger partial charge < -0.3 is 9.13 Å². The summed E-state index contributed by atoms with van der Waals surface area (Å²) in [5.41, 5.74) is 16.0. The Morgan fingerprint density at radius 2 is 0.480 bits per heavy atom. The molecule has 14 heteroatoms. The monoisotopic (exact) mass is 1240 g/mol. The lowest BCUT2D eigenvalue weighted by molar-refractivity contribution is 1.07. The molecule has 15 aromatic rings. The van der Waals surface area contributed by atoms with Crippen LogP contribution in [0.1, 0.15) is 50.1 Å². The Morgan fingerprint density at radius 1 is 0.214 bits per heavy atom. The third kappa shape index (κ3) is 10.1. The number of hydrogen-bond donors (Lipinski definition) is 0. The number of nitrogens with zero attached hydrogens (tertiary/aromatic N) is 14. The Morgan fingerprint density at radius 3 is 0.786 bits per heavy atom. The number of rotatable bonds is 10. The van der Waals surface area contributed by atoms with E-state index in [-0.39, 0.29) is 0 Å². The van der Waals surface area contributed by atoms with Gasteiger partial charge in [0.25, 0.3) is 0 Å². The van der Waals surface area contributed by atoms with E-state index in [1.807, 2.05) is 158 Å². The molecule has 15 rings (SSSR count). The molecule has 0 N–H and O–H groups in total. The van der Waals surface area contributed by atoms with Crippen molar-refractivity contribution < 1.29 is 0 Å². The van der Waals surface area contributed by atoms with Crippen molar-refractivity contribution in [2.75, 3.05) is 0 Å². The van der Waals surface area contributed by atoms with Gasteiger partial charge in [-0.05, 0) is 160 Å². The van der Waals surface area contributed by atoms with Crippen molar-refractivity contribution in [3.05, 3.63) is 293 Å². The van der Waals surface area contributed by atoms with Crippen molar-refractivity contribution in [1.29, 1.82) is 47.4 Å². The predicted octanol–water partition coefficient (Wildman–Crippen LogP) is 18.2. The average Bonchev–Trinajstić information content (AvgIpc) is 1.56. The van der Waals surface area contributed by atoms with Crippen LogP contribution in [0.15, 0.2) is 243 Å². The van der Waals surface area contributed by atoms with Gasteiger partial charge in [0.05, 0.1) is 138 Å². The van der Waals surface area contributed by atoms with E-state index < -0.39 is 0 Å². The van der Waals surface area contributed by atoms with Gasteiger partial charge in [0.15, 0.2) is 17.5 Å². The summed E-state index contributed by atoms with van der Waals surface area (Å²) in [6.07, 6.45) is 0. The fourth-order valence-corrected chi connectivity index (χ4v) is 13.1. The lowest BCUT2D eigenvalue weighted by Crippen LogP contribution is -2.04. The van der Waals surface area contributed by atoms with Crippen molar-refractivity contribution in [2.24, 2.45) is 0 Å². The van der Waals surface area contributed by atoms with E-state index in [1.54, 1.807) is 78.9 Å². The largest absolute Gasteiger partial charge is 0.309 e. The second-order valence-corrected chi connectivity index (χ2v) is 23.1. The first kappa shape index (κ1) is 59.0. The highest BCUT2D eigenvalue weighted by atomic mass is 15.0. The van der Waals surface area contributed by atoms with Gasteiger partial charge >= 0.3 is 0 Å². The van der Waals surface area contributed by atoms with Crippen molar-refractivity contribution >= 4 is 43.6 Å². The third-order valence-corrected chi connectivity index (χ3v) is 17.7. The second kappa shape index (κ2) is 24.4. The Hall–Kier alpha value is -15.3. The number of benzene rings is 12. The van der Waals surface area contributed by atoms with Crippen molar-refractivity contribution in [3.8, 4) is 156 Å². The SMILES string of the molecule is N#Cc1ccc(-c2ccc3c(c2)c2cc(-c4ccc(C#N)cc4C#N)ccc2n3-c2cc(C#N)ccc2-c2ccc(-c3nc(-c4ccccc4)nc(-c4ccccc4)n3)cc2-n2c3ccc(-c4ccc(C#N)cc4C#N)cc3c3cc(-c4ccc(C#N)cc4C#N)ccc32)c(C#N)c1. The Bertz CT molecular complexity index is 6050. The zero-order valence-corrected chi connectivity index (χ0v) is 51.4. The van der Waals surface area contributed by atoms with E-state index in [1.165, 1.54) is 0 Å². The molecule has 0 aliphatic rings. The third-order valence-electron chi connectivity index (χ3n) is 17.7. The minimum absolute atomic E-state index is 0.314. The summed E-state index contributed by atoms with van der Waals surface area (Å²) < 4.78 is 4.28. The van der Waals surface area contributed by atoms with Gasteiger partial charge in [-0.1, -0.05) is 127 Å². The molecule has 3 heterocycles. The number of nitriles is 9. The van der Waals surface area contributed by atoms with Crippen LogP contribution in [-0.4, -0.2) is 24.1 Å². The zero-order chi connectivity index (χ0) is 67.1. The maximum atomic E-state index is 10.9. The predicted molar refractivity (Wildman–Crippen MR) is 374 cm³/mol. The first-order valence-electron chi connectivity index (χ1n) is 30.6. The highest BCUT2D eigenvalue weighted by Gasteiger charge is 2.26. The van der Waals surface area contributed by atoms with Gasteiger partial charge in [0.2, 0.25) is 0 Å². The molecule has 98 heavy (non-hydrogen) atoms. The van der Waals surface area contributed by atoms with Crippen LogP contribution in [0.2, 0.25) is 0 Å². The van der Waals surface area contributed by atoms with E-state index in [9.17, 15) is 47.4 Å². The van der Waals surface area contributed by atoms with Gasteiger partial charge in [0.1, 0.15) is 0 Å². The lowest BCUT2D eigenvalue weighted by atomic mass is 9.95. The average molecular weight is 1250 g/mol. The Kier molecular flexibility index (Phi) is 14.7. The summed E-state index contributed by atoms with van der Waals surface area (Å²) in [5, 5.41) is 95.6. The molecule has 0 saturated carbocycles. The summed E-state index contributed by atoms with van der Waals surface area (Å²) in [7, 11) is 0. The summed E-state index contributed by atoms with van der Waals surface area (Å²) in [4.78, 5) is 15.5. The van der Waals surface area contributed by atoms with E-state index in [2.05, 4.69) is 69.8 Å². The van der Waals surface area contributed by atoms with Gasteiger partial charge in [0, 0.05) is 49.4 Å². The molecule has 0 amide bonds. The van der Waals surface area contributed by atoms with Crippen LogP contribution in [0.5, 0.6) is 0 Å². The molecule has 0 aliphatic carbocycles. The highest BCUT2D eigenvalue weighted by Crippen LogP contribution is 2.46. The minimum Gasteiger partial charge on any atom is -0.309 e. The van der Waals surface area contributed by atoms with E-state index in [0.29, 0.717) is 140 Å². The molecule has 0 bridgehead atoms. The molecule has 446 valence electrons. The number of aromatic nitrogens is 5. The second-order valence-electron chi connectivity index (χ2n) is 23.1. The minimum atomic E-state index is 0.314. The first-order valence-corrected chi connectivity index (χ1v) is 30.6. The summed E-state index contributed by atoms with van der Waals surface area (Å²) >= 11 is 0. The molecule has 0 spiro atoms. The standard InChI is InChI=1S/C84H40N14/c85-41-50-11-21-66(62(31-50)46-90)57-17-27-76-72(36-57)73-37-58(67-22-12-51(42-86)32-63(67)47-91)18-28-77(73)97(76)80-35-54(45-89)15-25-70(80)71-26-16-61(84-95-82(55-7-3-1-4-8-55)94-83(96-84)56-9-5-2-6-10-56)40-81(71)98-78-29-19-59(68-23-13-52(43-87)33-64(68)48-92)38-74(78)75-39-60(20-30-79(75)98)69-24-14-53(44-88)34-65(69)49-93/h1-40H. The van der Waals surface area contributed by atoms with E-state index in [0.717, 1.165) is 54.7 Å². The zero-order valence-electron chi connectivity index (χ0n) is 51.4. The topological polar surface area (TPSA) is 263 Å². The molecule has 0 unspecified atom stereocenters. The summed E-state index contributed by atoms with van der Waals surface area (Å²) in [6.45, 7) is 0. The van der Waals surface area contributed by atoms with Crippen LogP contribution in [-0.2, 0) is 0 Å². The summed E-state index contributed by atoms with van der Waals surface area (Å²) in [6, 6.07) is 95.2. The normalized spacial score (nSPS) is 10.8. The highest BCUT2D eigenvalue weighted by molar-refractivity contribution is 6.14. The number of hydrogen-bond acceptors (Lipinski definition) is 12. The van der Waals surface area contributed by atoms with Crippen LogP contribution in [0.3, 0.4) is 0 Å². The van der Waals surface area contributed by atoms with Gasteiger partial charge in [-0.15, -0.1) is 0 Å². The first-order chi connectivity index (χ1) is 48.1. The maximum Gasteiger partial charge on any atom is 0.164 e. The van der Waals surface area contributed by atoms with Crippen LogP contribution in [0, 0.1) is 102 Å². The maximum absolute atomic E-state index is 10.9. The molecule has 0 aliphatic heterocycles. The van der Waals surface area contributed by atoms with E-state index in [4.69, 9.17) is 15.0 Å². The molecule has 14 nitrogen and oxygen atoms in total. The van der Waals surface area contributed by atoms with Crippen LogP contribution < -0.4 is 0 Å². The molecule has 0 saturated heterocycles. The van der Waals surface area contributed by atoms with Crippen LogP contribution >= 0.6 is 0 Å². The Balaban J connectivity index is 1.05. The molecule has 0 atom stereocenters.